The number of hydrogen-bond acceptors (Lipinski definition) is 3. The molecule has 2 aromatic rings. The van der Waals surface area contributed by atoms with Gasteiger partial charge in [-0.25, -0.2) is 0 Å². The molecule has 3 N–H and O–H groups in total. The van der Waals surface area contributed by atoms with Crippen molar-refractivity contribution >= 4 is 5.69 Å². The van der Waals surface area contributed by atoms with E-state index in [1.54, 1.807) is 6.20 Å². The van der Waals surface area contributed by atoms with Crippen molar-refractivity contribution in [3.8, 4) is 0 Å². The van der Waals surface area contributed by atoms with Crippen LogP contribution in [-0.4, -0.2) is 4.98 Å². The second-order valence-electron chi connectivity index (χ2n) is 4.79. The van der Waals surface area contributed by atoms with Gasteiger partial charge in [0.1, 0.15) is 0 Å². The zero-order valence-electron chi connectivity index (χ0n) is 10.3. The Bertz CT molecular complexity index is 537. The van der Waals surface area contributed by atoms with Crippen molar-refractivity contribution in [2.75, 3.05) is 5.73 Å². The minimum atomic E-state index is 0.445. The molecule has 1 atom stereocenters. The molecule has 1 aliphatic carbocycles. The summed E-state index contributed by atoms with van der Waals surface area (Å²) in [5, 5.41) is 3.59. The molecule has 92 valence electrons. The molecule has 3 nitrogen and oxygen atoms in total. The molecule has 0 fully saturated rings. The number of rotatable bonds is 3. The molecule has 18 heavy (non-hydrogen) atoms. The van der Waals surface area contributed by atoms with Gasteiger partial charge in [-0.15, -0.1) is 0 Å². The van der Waals surface area contributed by atoms with Crippen LogP contribution in [0.5, 0.6) is 0 Å². The molecule has 1 aliphatic rings. The van der Waals surface area contributed by atoms with Gasteiger partial charge in [0.2, 0.25) is 0 Å². The van der Waals surface area contributed by atoms with E-state index in [9.17, 15) is 0 Å². The molecule has 1 unspecified atom stereocenters. The molecule has 3 rings (SSSR count). The molecule has 0 spiro atoms. The SMILES string of the molecule is Nc1ccc2c(c1)CCC2NCc1cccnc1. The first-order chi connectivity index (χ1) is 8.83. The van der Waals surface area contributed by atoms with Crippen molar-refractivity contribution in [1.29, 1.82) is 0 Å². The summed E-state index contributed by atoms with van der Waals surface area (Å²) in [5.41, 5.74) is 10.7. The molecule has 0 amide bonds. The molecular weight excluding hydrogens is 222 g/mol. The van der Waals surface area contributed by atoms with Gasteiger partial charge in [-0.2, -0.15) is 0 Å². The average molecular weight is 239 g/mol. The van der Waals surface area contributed by atoms with Crippen molar-refractivity contribution in [1.82, 2.24) is 10.3 Å². The van der Waals surface area contributed by atoms with E-state index < -0.39 is 0 Å². The Hall–Kier alpha value is -1.87. The first-order valence-electron chi connectivity index (χ1n) is 6.33. The van der Waals surface area contributed by atoms with Crippen LogP contribution in [0.15, 0.2) is 42.7 Å². The zero-order chi connectivity index (χ0) is 12.4. The normalized spacial score (nSPS) is 17.7. The van der Waals surface area contributed by atoms with Crippen LogP contribution in [-0.2, 0) is 13.0 Å². The quantitative estimate of drug-likeness (QED) is 0.809. The number of pyridine rings is 1. The maximum Gasteiger partial charge on any atom is 0.0329 e. The molecule has 1 aromatic heterocycles. The van der Waals surface area contributed by atoms with E-state index in [4.69, 9.17) is 5.73 Å². The lowest BCUT2D eigenvalue weighted by Gasteiger charge is -2.14. The van der Waals surface area contributed by atoms with Gasteiger partial charge in [0, 0.05) is 30.7 Å². The maximum absolute atomic E-state index is 5.81. The number of benzene rings is 1. The summed E-state index contributed by atoms with van der Waals surface area (Å²) < 4.78 is 0. The second kappa shape index (κ2) is 4.78. The smallest absolute Gasteiger partial charge is 0.0329 e. The lowest BCUT2D eigenvalue weighted by molar-refractivity contribution is 0.529. The largest absolute Gasteiger partial charge is 0.399 e. The van der Waals surface area contributed by atoms with Crippen LogP contribution in [0.4, 0.5) is 5.69 Å². The molecule has 0 bridgehead atoms. The average Bonchev–Trinajstić information content (AvgIpc) is 2.80. The lowest BCUT2D eigenvalue weighted by atomic mass is 10.1. The Kier molecular flexibility index (Phi) is 2.99. The van der Waals surface area contributed by atoms with Gasteiger partial charge in [0.05, 0.1) is 0 Å². The minimum Gasteiger partial charge on any atom is -0.399 e. The van der Waals surface area contributed by atoms with Crippen molar-refractivity contribution in [3.05, 3.63) is 59.4 Å². The third-order valence-electron chi connectivity index (χ3n) is 3.52. The number of aryl methyl sites for hydroxylation is 1. The van der Waals surface area contributed by atoms with Crippen molar-refractivity contribution in [2.24, 2.45) is 0 Å². The third kappa shape index (κ3) is 2.22. The molecule has 0 saturated carbocycles. The molecule has 0 radical (unpaired) electrons. The molecular formula is C15H17N3. The highest BCUT2D eigenvalue weighted by atomic mass is 14.9. The number of anilines is 1. The van der Waals surface area contributed by atoms with E-state index >= 15 is 0 Å². The van der Waals surface area contributed by atoms with E-state index in [2.05, 4.69) is 28.5 Å². The molecule has 1 aromatic carbocycles. The summed E-state index contributed by atoms with van der Waals surface area (Å²) >= 11 is 0. The van der Waals surface area contributed by atoms with E-state index in [-0.39, 0.29) is 0 Å². The molecule has 0 saturated heterocycles. The first kappa shape index (κ1) is 11.2. The number of nitrogens with zero attached hydrogens (tertiary/aromatic N) is 1. The second-order valence-corrected chi connectivity index (χ2v) is 4.79. The monoisotopic (exact) mass is 239 g/mol. The predicted molar refractivity (Wildman–Crippen MR) is 73.0 cm³/mol. The van der Waals surface area contributed by atoms with Gasteiger partial charge in [0.15, 0.2) is 0 Å². The third-order valence-corrected chi connectivity index (χ3v) is 3.52. The van der Waals surface area contributed by atoms with E-state index in [1.807, 2.05) is 18.3 Å². The van der Waals surface area contributed by atoms with Gasteiger partial charge in [-0.1, -0.05) is 12.1 Å². The lowest BCUT2D eigenvalue weighted by Crippen LogP contribution is -2.18. The fraction of sp³-hybridized carbons (Fsp3) is 0.267. The molecule has 0 aliphatic heterocycles. The first-order valence-corrected chi connectivity index (χ1v) is 6.33. The van der Waals surface area contributed by atoms with Gasteiger partial charge >= 0.3 is 0 Å². The zero-order valence-corrected chi connectivity index (χ0v) is 10.3. The van der Waals surface area contributed by atoms with Gasteiger partial charge in [0.25, 0.3) is 0 Å². The van der Waals surface area contributed by atoms with E-state index in [0.717, 1.165) is 25.1 Å². The predicted octanol–water partition coefficient (Wildman–Crippen LogP) is 2.44. The summed E-state index contributed by atoms with van der Waals surface area (Å²) in [7, 11) is 0. The van der Waals surface area contributed by atoms with Crippen molar-refractivity contribution in [2.45, 2.75) is 25.4 Å². The molecule has 1 heterocycles. The van der Waals surface area contributed by atoms with Crippen LogP contribution in [0.1, 0.15) is 29.2 Å². The number of fused-ring (bicyclic) bond motifs is 1. The highest BCUT2D eigenvalue weighted by Gasteiger charge is 2.21. The fourth-order valence-electron chi connectivity index (χ4n) is 2.59. The number of hydrogen-bond donors (Lipinski definition) is 2. The van der Waals surface area contributed by atoms with Crippen LogP contribution in [0.3, 0.4) is 0 Å². The summed E-state index contributed by atoms with van der Waals surface area (Å²) in [6, 6.07) is 10.8. The minimum absolute atomic E-state index is 0.445. The van der Waals surface area contributed by atoms with E-state index in [0.29, 0.717) is 6.04 Å². The Morgan fingerprint density at radius 2 is 2.28 bits per heavy atom. The number of nitrogens with two attached hydrogens (primary N) is 1. The van der Waals surface area contributed by atoms with Crippen LogP contribution in [0.2, 0.25) is 0 Å². The van der Waals surface area contributed by atoms with Gasteiger partial charge < -0.3 is 11.1 Å². The van der Waals surface area contributed by atoms with Crippen molar-refractivity contribution in [3.63, 3.8) is 0 Å². The fourth-order valence-corrected chi connectivity index (χ4v) is 2.59. The summed E-state index contributed by atoms with van der Waals surface area (Å²) in [5.74, 6) is 0. The van der Waals surface area contributed by atoms with Crippen LogP contribution >= 0.6 is 0 Å². The summed E-state index contributed by atoms with van der Waals surface area (Å²) in [4.78, 5) is 4.13. The van der Waals surface area contributed by atoms with E-state index in [1.165, 1.54) is 16.7 Å². The highest BCUT2D eigenvalue weighted by molar-refractivity contribution is 5.47. The Morgan fingerprint density at radius 1 is 1.33 bits per heavy atom. The Labute approximate surface area is 107 Å². The summed E-state index contributed by atoms with van der Waals surface area (Å²) in [6.45, 7) is 0.863. The standard InChI is InChI=1S/C15H17N3/c16-13-4-5-14-12(8-13)3-6-15(14)18-10-11-2-1-7-17-9-11/h1-2,4-5,7-9,15,18H,3,6,10,16H2. The maximum atomic E-state index is 5.81. The Morgan fingerprint density at radius 3 is 3.11 bits per heavy atom. The summed E-state index contributed by atoms with van der Waals surface area (Å²) in [6.07, 6.45) is 5.98. The number of aromatic nitrogens is 1. The Balaban J connectivity index is 1.70. The molecule has 3 heteroatoms. The van der Waals surface area contributed by atoms with Crippen LogP contribution in [0, 0.1) is 0 Å². The van der Waals surface area contributed by atoms with Gasteiger partial charge in [-0.3, -0.25) is 4.98 Å². The number of nitrogens with one attached hydrogen (secondary N) is 1. The highest BCUT2D eigenvalue weighted by Crippen LogP contribution is 2.32. The van der Waals surface area contributed by atoms with Crippen LogP contribution in [0.25, 0.3) is 0 Å². The number of nitrogen functional groups attached to an aromatic ring is 1. The topological polar surface area (TPSA) is 50.9 Å². The van der Waals surface area contributed by atoms with Gasteiger partial charge in [-0.05, 0) is 47.7 Å². The van der Waals surface area contributed by atoms with Crippen LogP contribution < -0.4 is 11.1 Å². The van der Waals surface area contributed by atoms with Crippen molar-refractivity contribution < 1.29 is 0 Å².